The van der Waals surface area contributed by atoms with Gasteiger partial charge in [-0.2, -0.15) is 0 Å². The summed E-state index contributed by atoms with van der Waals surface area (Å²) in [5.74, 6) is 0.824. The number of para-hydroxylation sites is 1. The average Bonchev–Trinajstić information content (AvgIpc) is 2.71. The van der Waals surface area contributed by atoms with Crippen LogP contribution in [0.15, 0.2) is 72.8 Å². The number of carbonyl (C=O) groups is 1. The number of ether oxygens (including phenoxy) is 1. The fourth-order valence-electron chi connectivity index (χ4n) is 3.10. The predicted octanol–water partition coefficient (Wildman–Crippen LogP) is 5.19. The zero-order valence-corrected chi connectivity index (χ0v) is 20.3. The van der Waals surface area contributed by atoms with Crippen LogP contribution in [0.25, 0.3) is 0 Å². The SMILES string of the molecule is Cc1cc(I)ccc1NC(=O)[C@H](C)N(c1ccc(Oc2ccccc2)cc1)S(C)(=O)=O. The molecule has 0 bridgehead atoms. The molecule has 6 nitrogen and oxygen atoms in total. The Morgan fingerprint density at radius 3 is 2.19 bits per heavy atom. The second-order valence-electron chi connectivity index (χ2n) is 7.09. The Hall–Kier alpha value is -2.59. The van der Waals surface area contributed by atoms with Gasteiger partial charge in [0.25, 0.3) is 0 Å². The summed E-state index contributed by atoms with van der Waals surface area (Å²) in [5.41, 5.74) is 1.93. The molecular formula is C23H23IN2O4S. The van der Waals surface area contributed by atoms with Crippen molar-refractivity contribution >= 4 is 49.9 Å². The third kappa shape index (κ3) is 5.98. The molecule has 0 saturated heterocycles. The van der Waals surface area contributed by atoms with Crippen LogP contribution in [0.5, 0.6) is 11.5 Å². The van der Waals surface area contributed by atoms with E-state index >= 15 is 0 Å². The summed E-state index contributed by atoms with van der Waals surface area (Å²) in [5, 5.41) is 2.83. The van der Waals surface area contributed by atoms with E-state index in [-0.39, 0.29) is 0 Å². The number of carbonyl (C=O) groups excluding carboxylic acids is 1. The number of aryl methyl sites for hydroxylation is 1. The lowest BCUT2D eigenvalue weighted by Crippen LogP contribution is -2.45. The van der Waals surface area contributed by atoms with Crippen molar-refractivity contribution in [3.05, 3.63) is 81.9 Å². The first-order chi connectivity index (χ1) is 14.6. The van der Waals surface area contributed by atoms with Gasteiger partial charge in [-0.1, -0.05) is 18.2 Å². The number of hydrogen-bond acceptors (Lipinski definition) is 4. The predicted molar refractivity (Wildman–Crippen MR) is 132 cm³/mol. The summed E-state index contributed by atoms with van der Waals surface area (Å²) in [6.45, 7) is 3.45. The van der Waals surface area contributed by atoms with Gasteiger partial charge in [0, 0.05) is 9.26 Å². The molecule has 1 atom stereocenters. The minimum absolute atomic E-state index is 0.380. The highest BCUT2D eigenvalue weighted by atomic mass is 127. The van der Waals surface area contributed by atoms with Crippen LogP contribution < -0.4 is 14.4 Å². The first kappa shape index (κ1) is 23.1. The second kappa shape index (κ2) is 9.69. The van der Waals surface area contributed by atoms with E-state index in [1.807, 2.05) is 55.5 Å². The highest BCUT2D eigenvalue weighted by molar-refractivity contribution is 14.1. The van der Waals surface area contributed by atoms with Gasteiger partial charge in [-0.25, -0.2) is 8.42 Å². The minimum atomic E-state index is -3.71. The van der Waals surface area contributed by atoms with Gasteiger partial charge in [-0.05, 0) is 96.6 Å². The molecule has 0 fully saturated rings. The molecule has 8 heteroatoms. The maximum atomic E-state index is 12.9. The molecule has 1 amide bonds. The van der Waals surface area contributed by atoms with Crippen LogP contribution >= 0.6 is 22.6 Å². The molecule has 1 N–H and O–H groups in total. The van der Waals surface area contributed by atoms with Crippen LogP contribution in [0.1, 0.15) is 12.5 Å². The molecule has 162 valence electrons. The van der Waals surface area contributed by atoms with Crippen molar-refractivity contribution in [2.45, 2.75) is 19.9 Å². The van der Waals surface area contributed by atoms with E-state index < -0.39 is 22.0 Å². The smallest absolute Gasteiger partial charge is 0.248 e. The van der Waals surface area contributed by atoms with Crippen LogP contribution in [0, 0.1) is 10.5 Å². The molecule has 3 aromatic rings. The normalized spacial score (nSPS) is 12.1. The van der Waals surface area contributed by atoms with Gasteiger partial charge >= 0.3 is 0 Å². The number of nitrogens with one attached hydrogen (secondary N) is 1. The molecule has 0 aliphatic carbocycles. The van der Waals surface area contributed by atoms with Crippen molar-refractivity contribution in [1.29, 1.82) is 0 Å². The van der Waals surface area contributed by atoms with E-state index in [1.165, 1.54) is 0 Å². The molecule has 0 spiro atoms. The van der Waals surface area contributed by atoms with Crippen LogP contribution in [0.2, 0.25) is 0 Å². The number of amides is 1. The molecule has 3 aromatic carbocycles. The van der Waals surface area contributed by atoms with E-state index in [0.29, 0.717) is 22.9 Å². The van der Waals surface area contributed by atoms with E-state index in [0.717, 1.165) is 19.7 Å². The average molecular weight is 550 g/mol. The number of halogens is 1. The number of benzene rings is 3. The highest BCUT2D eigenvalue weighted by Crippen LogP contribution is 2.27. The second-order valence-corrected chi connectivity index (χ2v) is 10.2. The highest BCUT2D eigenvalue weighted by Gasteiger charge is 2.29. The molecule has 3 rings (SSSR count). The monoisotopic (exact) mass is 550 g/mol. The van der Waals surface area contributed by atoms with Gasteiger partial charge < -0.3 is 10.1 Å². The lowest BCUT2D eigenvalue weighted by atomic mass is 10.2. The summed E-state index contributed by atoms with van der Waals surface area (Å²) < 4.78 is 33.0. The van der Waals surface area contributed by atoms with Crippen molar-refractivity contribution in [1.82, 2.24) is 0 Å². The van der Waals surface area contributed by atoms with E-state index in [2.05, 4.69) is 27.9 Å². The maximum absolute atomic E-state index is 12.9. The van der Waals surface area contributed by atoms with Crippen molar-refractivity contribution in [3.63, 3.8) is 0 Å². The summed E-state index contributed by atoms with van der Waals surface area (Å²) in [4.78, 5) is 12.9. The third-order valence-corrected chi connectivity index (χ3v) is 6.52. The van der Waals surface area contributed by atoms with E-state index in [4.69, 9.17) is 4.74 Å². The number of sulfonamides is 1. The van der Waals surface area contributed by atoms with E-state index in [1.54, 1.807) is 31.2 Å². The summed E-state index contributed by atoms with van der Waals surface area (Å²) in [7, 11) is -3.71. The standard InChI is InChI=1S/C23H23IN2O4S/c1-16-15-18(24)9-14-22(16)25-23(27)17(2)26(31(3,28)29)19-10-12-21(13-11-19)30-20-7-5-4-6-8-20/h4-15,17H,1-3H3,(H,25,27)/t17-/m0/s1. The number of nitrogens with zero attached hydrogens (tertiary/aromatic N) is 1. The first-order valence-electron chi connectivity index (χ1n) is 9.54. The van der Waals surface area contributed by atoms with Crippen LogP contribution in [-0.4, -0.2) is 26.6 Å². The van der Waals surface area contributed by atoms with Gasteiger partial charge in [-0.3, -0.25) is 9.10 Å². The Balaban J connectivity index is 1.81. The Bertz CT molecular complexity index is 1170. The van der Waals surface area contributed by atoms with Gasteiger partial charge in [0.2, 0.25) is 15.9 Å². The van der Waals surface area contributed by atoms with Crippen LogP contribution in [-0.2, 0) is 14.8 Å². The molecule has 31 heavy (non-hydrogen) atoms. The summed E-state index contributed by atoms with van der Waals surface area (Å²) in [6.07, 6.45) is 1.08. The van der Waals surface area contributed by atoms with Crippen LogP contribution in [0.4, 0.5) is 11.4 Å². The topological polar surface area (TPSA) is 75.7 Å². The lowest BCUT2D eigenvalue weighted by Gasteiger charge is -2.28. The molecule has 0 aliphatic heterocycles. The number of hydrogen-bond donors (Lipinski definition) is 1. The Kier molecular flexibility index (Phi) is 7.22. The van der Waals surface area contributed by atoms with Crippen molar-refractivity contribution in [3.8, 4) is 11.5 Å². The quantitative estimate of drug-likeness (QED) is 0.412. The maximum Gasteiger partial charge on any atom is 0.248 e. The number of anilines is 2. The molecular weight excluding hydrogens is 527 g/mol. The molecule has 0 radical (unpaired) electrons. The fourth-order valence-corrected chi connectivity index (χ4v) is 4.92. The molecule has 0 aromatic heterocycles. The zero-order chi connectivity index (χ0) is 22.6. The Morgan fingerprint density at radius 1 is 1.00 bits per heavy atom. The first-order valence-corrected chi connectivity index (χ1v) is 12.5. The lowest BCUT2D eigenvalue weighted by molar-refractivity contribution is -0.116. The molecule has 0 saturated carbocycles. The number of rotatable bonds is 7. The summed E-state index contributed by atoms with van der Waals surface area (Å²) in [6, 6.07) is 20.6. The van der Waals surface area contributed by atoms with Gasteiger partial charge in [0.05, 0.1) is 11.9 Å². The molecule has 0 heterocycles. The van der Waals surface area contributed by atoms with Crippen molar-refractivity contribution < 1.29 is 17.9 Å². The summed E-state index contributed by atoms with van der Waals surface area (Å²) >= 11 is 2.20. The van der Waals surface area contributed by atoms with Gasteiger partial charge in [0.1, 0.15) is 17.5 Å². The van der Waals surface area contributed by atoms with Crippen LogP contribution in [0.3, 0.4) is 0 Å². The zero-order valence-electron chi connectivity index (χ0n) is 17.4. The molecule has 0 unspecified atom stereocenters. The third-order valence-electron chi connectivity index (χ3n) is 4.60. The largest absolute Gasteiger partial charge is 0.457 e. The Labute approximate surface area is 196 Å². The van der Waals surface area contributed by atoms with Gasteiger partial charge in [0.15, 0.2) is 0 Å². The van der Waals surface area contributed by atoms with E-state index in [9.17, 15) is 13.2 Å². The van der Waals surface area contributed by atoms with Crippen molar-refractivity contribution in [2.75, 3.05) is 15.9 Å². The molecule has 0 aliphatic rings. The van der Waals surface area contributed by atoms with Crippen molar-refractivity contribution in [2.24, 2.45) is 0 Å². The van der Waals surface area contributed by atoms with Gasteiger partial charge in [-0.15, -0.1) is 0 Å². The fraction of sp³-hybridized carbons (Fsp3) is 0.174. The Morgan fingerprint density at radius 2 is 1.61 bits per heavy atom. The minimum Gasteiger partial charge on any atom is -0.457 e.